The molecule has 1 amide bonds. The van der Waals surface area contributed by atoms with Gasteiger partial charge in [0.1, 0.15) is 12.4 Å². The number of aromatic nitrogens is 1. The molecule has 0 atom stereocenters. The molecule has 3 heterocycles. The van der Waals surface area contributed by atoms with E-state index in [1.54, 1.807) is 18.5 Å². The summed E-state index contributed by atoms with van der Waals surface area (Å²) in [5.74, 6) is 1.96. The summed E-state index contributed by atoms with van der Waals surface area (Å²) in [6.07, 6.45) is 4.41. The van der Waals surface area contributed by atoms with Gasteiger partial charge in [-0.2, -0.15) is 0 Å². The Morgan fingerprint density at radius 3 is 2.56 bits per heavy atom. The first kappa shape index (κ1) is 20.1. The second-order valence-electron chi connectivity index (χ2n) is 7.31. The average Bonchev–Trinajstić information content (AvgIpc) is 3.49. The first-order chi connectivity index (χ1) is 15.7. The Hall–Kier alpha value is -3.84. The summed E-state index contributed by atoms with van der Waals surface area (Å²) < 4.78 is 16.5. The van der Waals surface area contributed by atoms with Crippen LogP contribution in [-0.2, 0) is 13.0 Å². The van der Waals surface area contributed by atoms with Crippen molar-refractivity contribution in [3.05, 3.63) is 100 Å². The molecular weight excluding hydrogens is 424 g/mol. The molecule has 0 aliphatic carbocycles. The van der Waals surface area contributed by atoms with Gasteiger partial charge in [-0.3, -0.25) is 9.78 Å². The summed E-state index contributed by atoms with van der Waals surface area (Å²) in [6, 6.07) is 19.2. The highest BCUT2D eigenvalue weighted by Crippen LogP contribution is 2.35. The van der Waals surface area contributed by atoms with Gasteiger partial charge in [-0.1, -0.05) is 12.1 Å². The topological polar surface area (TPSA) is 69.7 Å². The molecule has 7 heteroatoms. The number of benzene rings is 2. The van der Waals surface area contributed by atoms with E-state index in [0.717, 1.165) is 23.4 Å². The van der Waals surface area contributed by atoms with Gasteiger partial charge in [-0.25, -0.2) is 0 Å². The molecule has 5 rings (SSSR count). The molecule has 0 radical (unpaired) electrons. The maximum Gasteiger partial charge on any atom is 0.265 e. The quantitative estimate of drug-likeness (QED) is 0.419. The number of nitrogens with one attached hydrogen (secondary N) is 1. The van der Waals surface area contributed by atoms with Crippen molar-refractivity contribution in [1.29, 1.82) is 0 Å². The normalized spacial score (nSPS) is 11.9. The lowest BCUT2D eigenvalue weighted by atomic mass is 10.1. The lowest BCUT2D eigenvalue weighted by Crippen LogP contribution is -2.10. The maximum absolute atomic E-state index is 12.6. The van der Waals surface area contributed by atoms with Crippen LogP contribution in [0.15, 0.2) is 78.4 Å². The maximum atomic E-state index is 12.6. The molecule has 6 nitrogen and oxygen atoms in total. The van der Waals surface area contributed by atoms with E-state index < -0.39 is 0 Å². The molecule has 160 valence electrons. The van der Waals surface area contributed by atoms with Gasteiger partial charge < -0.3 is 19.5 Å². The summed E-state index contributed by atoms with van der Waals surface area (Å²) in [6.45, 7) is 0.600. The minimum Gasteiger partial charge on any atom is -0.489 e. The van der Waals surface area contributed by atoms with Gasteiger partial charge in [-0.05, 0) is 65.4 Å². The lowest BCUT2D eigenvalue weighted by molar-refractivity contribution is 0.103. The van der Waals surface area contributed by atoms with Crippen LogP contribution in [0.4, 0.5) is 5.69 Å². The third-order valence-electron chi connectivity index (χ3n) is 5.00. The van der Waals surface area contributed by atoms with Crippen molar-refractivity contribution >= 4 is 22.9 Å². The molecule has 4 aromatic rings. The smallest absolute Gasteiger partial charge is 0.265 e. The van der Waals surface area contributed by atoms with Crippen LogP contribution >= 0.6 is 11.3 Å². The SMILES string of the molecule is O=C(Nc1ccc(Cc2ccncc2)cc1)c1cc(COc2ccc3c(c2)OCO3)cs1. The number of rotatable bonds is 7. The van der Waals surface area contributed by atoms with E-state index in [1.807, 2.05) is 60.0 Å². The van der Waals surface area contributed by atoms with Crippen LogP contribution in [0.2, 0.25) is 0 Å². The molecule has 1 aliphatic rings. The van der Waals surface area contributed by atoms with Crippen LogP contribution in [0.3, 0.4) is 0 Å². The van der Waals surface area contributed by atoms with E-state index in [9.17, 15) is 4.79 Å². The molecule has 1 N–H and O–H groups in total. The number of fused-ring (bicyclic) bond motifs is 1. The minimum atomic E-state index is -0.133. The van der Waals surface area contributed by atoms with Crippen molar-refractivity contribution in [2.24, 2.45) is 0 Å². The van der Waals surface area contributed by atoms with Crippen LogP contribution in [0.1, 0.15) is 26.4 Å². The van der Waals surface area contributed by atoms with Crippen molar-refractivity contribution in [3.63, 3.8) is 0 Å². The van der Waals surface area contributed by atoms with E-state index in [1.165, 1.54) is 22.5 Å². The van der Waals surface area contributed by atoms with Gasteiger partial charge in [0.05, 0.1) is 4.88 Å². The molecule has 0 bridgehead atoms. The summed E-state index contributed by atoms with van der Waals surface area (Å²) in [5.41, 5.74) is 4.07. The average molecular weight is 445 g/mol. The Balaban J connectivity index is 1.16. The monoisotopic (exact) mass is 444 g/mol. The fraction of sp³-hybridized carbons (Fsp3) is 0.120. The van der Waals surface area contributed by atoms with Gasteiger partial charge in [-0.15, -0.1) is 11.3 Å². The number of amides is 1. The molecule has 0 saturated carbocycles. The van der Waals surface area contributed by atoms with Crippen molar-refractivity contribution in [2.45, 2.75) is 13.0 Å². The third-order valence-corrected chi connectivity index (χ3v) is 5.97. The Labute approximate surface area is 189 Å². The second-order valence-corrected chi connectivity index (χ2v) is 8.22. The molecule has 2 aromatic carbocycles. The first-order valence-electron chi connectivity index (χ1n) is 10.1. The molecular formula is C25H20N2O4S. The molecule has 32 heavy (non-hydrogen) atoms. The number of hydrogen-bond acceptors (Lipinski definition) is 6. The van der Waals surface area contributed by atoms with E-state index in [2.05, 4.69) is 10.3 Å². The van der Waals surface area contributed by atoms with Gasteiger partial charge in [0, 0.05) is 29.7 Å². The van der Waals surface area contributed by atoms with E-state index in [4.69, 9.17) is 14.2 Å². The number of ether oxygens (including phenoxy) is 3. The fourth-order valence-electron chi connectivity index (χ4n) is 3.34. The van der Waals surface area contributed by atoms with Crippen LogP contribution < -0.4 is 19.5 Å². The zero-order valence-corrected chi connectivity index (χ0v) is 17.9. The predicted octanol–water partition coefficient (Wildman–Crippen LogP) is 5.29. The Morgan fingerprint density at radius 2 is 1.72 bits per heavy atom. The molecule has 1 aliphatic heterocycles. The Morgan fingerprint density at radius 1 is 0.938 bits per heavy atom. The fourth-order valence-corrected chi connectivity index (χ4v) is 4.13. The van der Waals surface area contributed by atoms with Gasteiger partial charge in [0.2, 0.25) is 6.79 Å². The van der Waals surface area contributed by atoms with Crippen LogP contribution in [0, 0.1) is 0 Å². The first-order valence-corrected chi connectivity index (χ1v) is 11.0. The zero-order valence-electron chi connectivity index (χ0n) is 17.1. The number of carbonyl (C=O) groups excluding carboxylic acids is 1. The van der Waals surface area contributed by atoms with Gasteiger partial charge in [0.15, 0.2) is 11.5 Å². The summed E-state index contributed by atoms with van der Waals surface area (Å²) in [5, 5.41) is 4.89. The second kappa shape index (κ2) is 9.11. The predicted molar refractivity (Wildman–Crippen MR) is 123 cm³/mol. The Bertz CT molecular complexity index is 1220. The number of hydrogen-bond donors (Lipinski definition) is 1. The van der Waals surface area contributed by atoms with Gasteiger partial charge >= 0.3 is 0 Å². The highest BCUT2D eigenvalue weighted by atomic mass is 32.1. The number of carbonyl (C=O) groups is 1. The minimum absolute atomic E-state index is 0.133. The number of thiophene rings is 1. The molecule has 2 aromatic heterocycles. The van der Waals surface area contributed by atoms with E-state index in [0.29, 0.717) is 23.0 Å². The molecule has 0 unspecified atom stereocenters. The standard InChI is InChI=1S/C25H20N2O4S/c28-25(27-20-3-1-17(2-4-20)11-18-7-9-26-10-8-18)24-12-19(15-32-24)14-29-21-5-6-22-23(13-21)31-16-30-22/h1-10,12-13,15H,11,14,16H2,(H,27,28). The van der Waals surface area contributed by atoms with Crippen LogP contribution in [0.5, 0.6) is 17.2 Å². The zero-order chi connectivity index (χ0) is 21.8. The summed E-state index contributed by atoms with van der Waals surface area (Å²) in [4.78, 5) is 17.3. The summed E-state index contributed by atoms with van der Waals surface area (Å²) >= 11 is 1.39. The van der Waals surface area contributed by atoms with Gasteiger partial charge in [0.25, 0.3) is 5.91 Å². The molecule has 0 saturated heterocycles. The largest absolute Gasteiger partial charge is 0.489 e. The third kappa shape index (κ3) is 4.73. The number of anilines is 1. The summed E-state index contributed by atoms with van der Waals surface area (Å²) in [7, 11) is 0. The highest BCUT2D eigenvalue weighted by Gasteiger charge is 2.14. The van der Waals surface area contributed by atoms with Crippen LogP contribution in [0.25, 0.3) is 0 Å². The lowest BCUT2D eigenvalue weighted by Gasteiger charge is -2.06. The van der Waals surface area contributed by atoms with Crippen molar-refractivity contribution in [1.82, 2.24) is 4.98 Å². The highest BCUT2D eigenvalue weighted by molar-refractivity contribution is 7.12. The van der Waals surface area contributed by atoms with E-state index in [-0.39, 0.29) is 12.7 Å². The Kier molecular flexibility index (Phi) is 5.72. The van der Waals surface area contributed by atoms with Crippen molar-refractivity contribution in [2.75, 3.05) is 12.1 Å². The molecule has 0 spiro atoms. The van der Waals surface area contributed by atoms with Crippen molar-refractivity contribution < 1.29 is 19.0 Å². The number of pyridine rings is 1. The van der Waals surface area contributed by atoms with E-state index >= 15 is 0 Å². The molecule has 0 fully saturated rings. The van der Waals surface area contributed by atoms with Crippen LogP contribution in [-0.4, -0.2) is 17.7 Å². The van der Waals surface area contributed by atoms with Crippen molar-refractivity contribution in [3.8, 4) is 17.2 Å². The number of nitrogens with zero attached hydrogens (tertiary/aromatic N) is 1.